The average molecular weight is 324 g/mol. The van der Waals surface area contributed by atoms with Crippen LogP contribution in [-0.4, -0.2) is 26.9 Å². The minimum absolute atomic E-state index is 0.457. The van der Waals surface area contributed by atoms with Crippen molar-refractivity contribution in [1.82, 2.24) is 19.7 Å². The van der Waals surface area contributed by atoms with E-state index in [1.165, 1.54) is 6.42 Å². The number of hydrogen-bond acceptors (Lipinski definition) is 5. The molecule has 0 amide bonds. The van der Waals surface area contributed by atoms with Gasteiger partial charge in [-0.3, -0.25) is 0 Å². The second kappa shape index (κ2) is 5.78. The molecule has 0 N–H and O–H groups in total. The third-order valence-corrected chi connectivity index (χ3v) is 4.59. The Hall–Kier alpha value is -2.63. The maximum Gasteiger partial charge on any atom is 0.191 e. The van der Waals surface area contributed by atoms with Gasteiger partial charge in [0.2, 0.25) is 0 Å². The number of fused-ring (bicyclic) bond motifs is 1. The van der Waals surface area contributed by atoms with Gasteiger partial charge in [-0.25, -0.2) is 4.98 Å². The summed E-state index contributed by atoms with van der Waals surface area (Å²) in [6, 6.07) is 6.01. The van der Waals surface area contributed by atoms with E-state index in [0.717, 1.165) is 41.5 Å². The third kappa shape index (κ3) is 2.38. The fraction of sp³-hybridized carbons (Fsp3) is 0.389. The molecule has 0 fully saturated rings. The fourth-order valence-electron chi connectivity index (χ4n) is 3.32. The minimum atomic E-state index is 0.457. The molecule has 124 valence electrons. The first kappa shape index (κ1) is 14.9. The molecule has 0 saturated carbocycles. The van der Waals surface area contributed by atoms with Gasteiger partial charge in [0.15, 0.2) is 17.5 Å². The highest BCUT2D eigenvalue weighted by atomic mass is 16.5. The standard InChI is InChI=1S/C18H20N4O2/c1-11-5-4-8-22-17(11)20-21-18(22)13-6-7-14(15(9-13)23-3)16-10-19-12(2)24-16/h6-7,9-11H,4-5,8H2,1-3H3. The molecule has 0 bridgehead atoms. The van der Waals surface area contributed by atoms with Crippen LogP contribution in [0, 0.1) is 6.92 Å². The van der Waals surface area contributed by atoms with Crippen LogP contribution in [0.25, 0.3) is 22.7 Å². The highest BCUT2D eigenvalue weighted by Gasteiger charge is 2.23. The van der Waals surface area contributed by atoms with Gasteiger partial charge in [-0.15, -0.1) is 10.2 Å². The molecule has 0 spiro atoms. The van der Waals surface area contributed by atoms with Crippen LogP contribution in [0.1, 0.15) is 37.4 Å². The molecule has 1 atom stereocenters. The van der Waals surface area contributed by atoms with Crippen molar-refractivity contribution in [2.45, 2.75) is 39.2 Å². The number of benzene rings is 1. The number of aromatic nitrogens is 4. The van der Waals surface area contributed by atoms with Crippen LogP contribution in [0.5, 0.6) is 5.75 Å². The number of nitrogens with zero attached hydrogens (tertiary/aromatic N) is 4. The zero-order valence-electron chi connectivity index (χ0n) is 14.1. The molecule has 4 rings (SSSR count). The van der Waals surface area contributed by atoms with Crippen molar-refractivity contribution in [1.29, 1.82) is 0 Å². The van der Waals surface area contributed by atoms with Gasteiger partial charge in [0.25, 0.3) is 0 Å². The number of rotatable bonds is 3. The maximum atomic E-state index is 5.62. The Morgan fingerprint density at radius 2 is 2.17 bits per heavy atom. The molecule has 1 unspecified atom stereocenters. The molecule has 0 aliphatic carbocycles. The summed E-state index contributed by atoms with van der Waals surface area (Å²) in [5.41, 5.74) is 1.88. The van der Waals surface area contributed by atoms with Gasteiger partial charge in [-0.1, -0.05) is 13.0 Å². The molecular formula is C18H20N4O2. The topological polar surface area (TPSA) is 66.0 Å². The Labute approximate surface area is 140 Å². The SMILES string of the molecule is COc1cc(-c2nnc3n2CCCC3C)ccc1-c1cnc(C)o1. The molecule has 0 radical (unpaired) electrons. The zero-order chi connectivity index (χ0) is 16.7. The van der Waals surface area contributed by atoms with Crippen molar-refractivity contribution < 1.29 is 9.15 Å². The monoisotopic (exact) mass is 324 g/mol. The zero-order valence-corrected chi connectivity index (χ0v) is 14.1. The second-order valence-corrected chi connectivity index (χ2v) is 6.24. The molecule has 1 aliphatic heterocycles. The number of ether oxygens (including phenoxy) is 1. The first-order valence-electron chi connectivity index (χ1n) is 8.21. The first-order valence-corrected chi connectivity index (χ1v) is 8.21. The van der Waals surface area contributed by atoms with E-state index in [0.29, 0.717) is 17.6 Å². The lowest BCUT2D eigenvalue weighted by Gasteiger charge is -2.20. The van der Waals surface area contributed by atoms with Gasteiger partial charge in [0.05, 0.1) is 18.9 Å². The van der Waals surface area contributed by atoms with E-state index < -0.39 is 0 Å². The molecule has 1 aliphatic rings. The van der Waals surface area contributed by atoms with Crippen molar-refractivity contribution in [3.63, 3.8) is 0 Å². The Kier molecular flexibility index (Phi) is 3.59. The van der Waals surface area contributed by atoms with Crippen LogP contribution < -0.4 is 4.74 Å². The summed E-state index contributed by atoms with van der Waals surface area (Å²) in [5, 5.41) is 8.82. The summed E-state index contributed by atoms with van der Waals surface area (Å²) in [6.45, 7) is 5.00. The van der Waals surface area contributed by atoms with Crippen molar-refractivity contribution in [3.05, 3.63) is 36.1 Å². The number of oxazole rings is 1. The molecular weight excluding hydrogens is 304 g/mol. The van der Waals surface area contributed by atoms with E-state index in [9.17, 15) is 0 Å². The lowest BCUT2D eigenvalue weighted by Crippen LogP contribution is -2.14. The summed E-state index contributed by atoms with van der Waals surface area (Å²) in [6.07, 6.45) is 4.05. The maximum absolute atomic E-state index is 5.62. The summed E-state index contributed by atoms with van der Waals surface area (Å²) >= 11 is 0. The summed E-state index contributed by atoms with van der Waals surface area (Å²) < 4.78 is 13.4. The number of aryl methyl sites for hydroxylation is 1. The predicted octanol–water partition coefficient (Wildman–Crippen LogP) is 3.81. The molecule has 3 heterocycles. The highest BCUT2D eigenvalue weighted by molar-refractivity contribution is 5.71. The summed E-state index contributed by atoms with van der Waals surface area (Å²) in [4.78, 5) is 4.16. The van der Waals surface area contributed by atoms with Crippen LogP contribution in [0.4, 0.5) is 0 Å². The number of hydrogen-bond donors (Lipinski definition) is 0. The third-order valence-electron chi connectivity index (χ3n) is 4.59. The quantitative estimate of drug-likeness (QED) is 0.733. The van der Waals surface area contributed by atoms with E-state index in [4.69, 9.17) is 9.15 Å². The fourth-order valence-corrected chi connectivity index (χ4v) is 3.32. The molecule has 6 nitrogen and oxygen atoms in total. The van der Waals surface area contributed by atoms with Gasteiger partial charge >= 0.3 is 0 Å². The molecule has 0 saturated heterocycles. The van der Waals surface area contributed by atoms with Crippen molar-refractivity contribution >= 4 is 0 Å². The van der Waals surface area contributed by atoms with E-state index in [1.54, 1.807) is 13.3 Å². The smallest absolute Gasteiger partial charge is 0.191 e. The second-order valence-electron chi connectivity index (χ2n) is 6.24. The summed E-state index contributed by atoms with van der Waals surface area (Å²) in [7, 11) is 1.66. The van der Waals surface area contributed by atoms with Gasteiger partial charge in [-0.05, 0) is 25.0 Å². The first-order chi connectivity index (χ1) is 11.7. The Morgan fingerprint density at radius 1 is 1.29 bits per heavy atom. The van der Waals surface area contributed by atoms with Gasteiger partial charge in [0.1, 0.15) is 11.6 Å². The van der Waals surface area contributed by atoms with Crippen LogP contribution >= 0.6 is 0 Å². The largest absolute Gasteiger partial charge is 0.496 e. The minimum Gasteiger partial charge on any atom is -0.496 e. The van der Waals surface area contributed by atoms with Crippen LogP contribution in [-0.2, 0) is 6.54 Å². The normalized spacial score (nSPS) is 16.9. The molecule has 1 aromatic carbocycles. The van der Waals surface area contributed by atoms with E-state index in [2.05, 4.69) is 26.7 Å². The van der Waals surface area contributed by atoms with Crippen LogP contribution in [0.3, 0.4) is 0 Å². The van der Waals surface area contributed by atoms with Gasteiger partial charge in [-0.2, -0.15) is 0 Å². The lowest BCUT2D eigenvalue weighted by molar-refractivity contribution is 0.414. The van der Waals surface area contributed by atoms with Crippen LogP contribution in [0.15, 0.2) is 28.8 Å². The van der Waals surface area contributed by atoms with E-state index in [1.807, 2.05) is 25.1 Å². The van der Waals surface area contributed by atoms with E-state index >= 15 is 0 Å². The van der Waals surface area contributed by atoms with E-state index in [-0.39, 0.29) is 0 Å². The van der Waals surface area contributed by atoms with Crippen molar-refractivity contribution in [2.24, 2.45) is 0 Å². The predicted molar refractivity (Wildman–Crippen MR) is 89.9 cm³/mol. The van der Waals surface area contributed by atoms with Gasteiger partial charge < -0.3 is 13.7 Å². The molecule has 6 heteroatoms. The van der Waals surface area contributed by atoms with Crippen molar-refractivity contribution in [2.75, 3.05) is 7.11 Å². The summed E-state index contributed by atoms with van der Waals surface area (Å²) in [5.74, 6) is 4.51. The number of methoxy groups -OCH3 is 1. The Balaban J connectivity index is 1.78. The molecule has 24 heavy (non-hydrogen) atoms. The lowest BCUT2D eigenvalue weighted by atomic mass is 10.0. The molecule has 2 aromatic heterocycles. The Bertz CT molecular complexity index is 881. The van der Waals surface area contributed by atoms with Crippen LogP contribution in [0.2, 0.25) is 0 Å². The highest BCUT2D eigenvalue weighted by Crippen LogP contribution is 2.35. The molecule has 3 aromatic rings. The Morgan fingerprint density at radius 3 is 2.92 bits per heavy atom. The average Bonchev–Trinajstić information content (AvgIpc) is 3.21. The van der Waals surface area contributed by atoms with Gasteiger partial charge in [0, 0.05) is 24.9 Å². The van der Waals surface area contributed by atoms with Crippen molar-refractivity contribution in [3.8, 4) is 28.5 Å².